The lowest BCUT2D eigenvalue weighted by Crippen LogP contribution is -2.50. The van der Waals surface area contributed by atoms with E-state index in [1.807, 2.05) is 19.1 Å². The fraction of sp³-hybridized carbons (Fsp3) is 0.632. The Bertz CT molecular complexity index is 524. The number of nitrogens with one attached hydrogen (secondary N) is 1. The van der Waals surface area contributed by atoms with E-state index in [0.717, 1.165) is 25.0 Å². The smallest absolute Gasteiger partial charge is 0.237 e. The van der Waals surface area contributed by atoms with Crippen LogP contribution in [0.2, 0.25) is 0 Å². The number of carbonyl (C=O) groups is 1. The van der Waals surface area contributed by atoms with Gasteiger partial charge in [-0.05, 0) is 36.5 Å². The molecule has 1 aliphatic rings. The van der Waals surface area contributed by atoms with E-state index < -0.39 is 6.04 Å². The average Bonchev–Trinajstić information content (AvgIpc) is 2.65. The number of methoxy groups -OCH3 is 1. The summed E-state index contributed by atoms with van der Waals surface area (Å²) in [6, 6.07) is 7.66. The van der Waals surface area contributed by atoms with E-state index in [4.69, 9.17) is 15.2 Å². The van der Waals surface area contributed by atoms with Crippen molar-refractivity contribution in [3.05, 3.63) is 29.8 Å². The van der Waals surface area contributed by atoms with Crippen molar-refractivity contribution >= 4 is 5.91 Å². The quantitative estimate of drug-likeness (QED) is 0.802. The molecule has 24 heavy (non-hydrogen) atoms. The number of hydrogen-bond acceptors (Lipinski definition) is 4. The number of amides is 1. The van der Waals surface area contributed by atoms with Gasteiger partial charge in [-0.15, -0.1) is 0 Å². The maximum atomic E-state index is 12.4. The molecular formula is C19H30N2O3. The Labute approximate surface area is 144 Å². The summed E-state index contributed by atoms with van der Waals surface area (Å²) in [5, 5.41) is 3.08. The Kier molecular flexibility index (Phi) is 6.63. The highest BCUT2D eigenvalue weighted by Crippen LogP contribution is 2.35. The molecule has 0 saturated carbocycles. The molecule has 3 N–H and O–H groups in total. The minimum absolute atomic E-state index is 0.0660. The number of hydrogen-bond donors (Lipinski definition) is 2. The van der Waals surface area contributed by atoms with Crippen LogP contribution in [0.15, 0.2) is 24.3 Å². The van der Waals surface area contributed by atoms with Gasteiger partial charge >= 0.3 is 0 Å². The van der Waals surface area contributed by atoms with Crippen LogP contribution in [-0.2, 0) is 14.9 Å². The summed E-state index contributed by atoms with van der Waals surface area (Å²) in [4.78, 5) is 12.4. The molecule has 134 valence electrons. The monoisotopic (exact) mass is 334 g/mol. The zero-order valence-electron chi connectivity index (χ0n) is 15.0. The molecule has 0 bridgehead atoms. The summed E-state index contributed by atoms with van der Waals surface area (Å²) in [6.45, 7) is 6.07. The second-order valence-electron chi connectivity index (χ2n) is 6.75. The number of rotatable bonds is 7. The Morgan fingerprint density at radius 2 is 1.96 bits per heavy atom. The summed E-state index contributed by atoms with van der Waals surface area (Å²) >= 11 is 0. The number of carbonyl (C=O) groups excluding carboxylic acids is 1. The van der Waals surface area contributed by atoms with E-state index in [2.05, 4.69) is 24.4 Å². The summed E-state index contributed by atoms with van der Waals surface area (Å²) in [5.41, 5.74) is 7.16. The van der Waals surface area contributed by atoms with Gasteiger partial charge in [-0.2, -0.15) is 0 Å². The van der Waals surface area contributed by atoms with E-state index in [1.54, 1.807) is 7.11 Å². The Hall–Kier alpha value is -1.59. The molecule has 0 spiro atoms. The molecule has 2 unspecified atom stereocenters. The van der Waals surface area contributed by atoms with E-state index >= 15 is 0 Å². The standard InChI is InChI=1S/C19H30N2O3/c1-4-14(2)17(20)18(22)21-13-19(9-11-24-12-10-19)15-5-7-16(23-3)8-6-15/h5-8,14,17H,4,9-13,20H2,1-3H3,(H,21,22). The highest BCUT2D eigenvalue weighted by molar-refractivity contribution is 5.81. The zero-order chi connectivity index (χ0) is 17.6. The van der Waals surface area contributed by atoms with E-state index in [1.165, 1.54) is 5.56 Å². The fourth-order valence-electron chi connectivity index (χ4n) is 3.16. The number of benzene rings is 1. The molecular weight excluding hydrogens is 304 g/mol. The number of nitrogens with two attached hydrogens (primary N) is 1. The first-order valence-electron chi connectivity index (χ1n) is 8.78. The summed E-state index contributed by atoms with van der Waals surface area (Å²) in [7, 11) is 1.66. The van der Waals surface area contributed by atoms with Crippen molar-refractivity contribution in [2.24, 2.45) is 11.7 Å². The summed E-state index contributed by atoms with van der Waals surface area (Å²) in [6.07, 6.45) is 2.67. The maximum Gasteiger partial charge on any atom is 0.237 e. The second-order valence-corrected chi connectivity index (χ2v) is 6.75. The molecule has 1 amide bonds. The molecule has 0 radical (unpaired) electrons. The third-order valence-corrected chi connectivity index (χ3v) is 5.31. The van der Waals surface area contributed by atoms with Crippen LogP contribution in [0.5, 0.6) is 5.75 Å². The van der Waals surface area contributed by atoms with Gasteiger partial charge in [0.1, 0.15) is 5.75 Å². The predicted molar refractivity (Wildman–Crippen MR) is 95.2 cm³/mol. The molecule has 0 aliphatic carbocycles. The first-order chi connectivity index (χ1) is 11.5. The Morgan fingerprint density at radius 1 is 1.33 bits per heavy atom. The van der Waals surface area contributed by atoms with Gasteiger partial charge in [-0.25, -0.2) is 0 Å². The average molecular weight is 334 g/mol. The fourth-order valence-corrected chi connectivity index (χ4v) is 3.16. The third-order valence-electron chi connectivity index (χ3n) is 5.31. The van der Waals surface area contributed by atoms with Crippen LogP contribution in [0.4, 0.5) is 0 Å². The third kappa shape index (κ3) is 4.28. The van der Waals surface area contributed by atoms with Gasteiger partial charge in [0.15, 0.2) is 0 Å². The molecule has 1 fully saturated rings. The molecule has 2 rings (SSSR count). The van der Waals surface area contributed by atoms with Crippen LogP contribution in [-0.4, -0.2) is 38.8 Å². The van der Waals surface area contributed by atoms with Gasteiger partial charge in [0.25, 0.3) is 0 Å². The molecule has 5 heteroatoms. The highest BCUT2D eigenvalue weighted by atomic mass is 16.5. The lowest BCUT2D eigenvalue weighted by Gasteiger charge is -2.38. The first kappa shape index (κ1) is 18.7. The van der Waals surface area contributed by atoms with Crippen molar-refractivity contribution in [1.82, 2.24) is 5.32 Å². The number of ether oxygens (including phenoxy) is 2. The van der Waals surface area contributed by atoms with Gasteiger partial charge in [0.05, 0.1) is 13.2 Å². The van der Waals surface area contributed by atoms with Crippen LogP contribution in [0, 0.1) is 5.92 Å². The molecule has 1 aromatic rings. The summed E-state index contributed by atoms with van der Waals surface area (Å²) < 4.78 is 10.8. The van der Waals surface area contributed by atoms with Crippen molar-refractivity contribution in [2.75, 3.05) is 26.9 Å². The molecule has 1 heterocycles. The van der Waals surface area contributed by atoms with Gasteiger partial charge in [-0.1, -0.05) is 32.4 Å². The molecule has 1 aliphatic heterocycles. The Morgan fingerprint density at radius 3 is 2.50 bits per heavy atom. The largest absolute Gasteiger partial charge is 0.497 e. The van der Waals surface area contributed by atoms with E-state index in [0.29, 0.717) is 19.8 Å². The topological polar surface area (TPSA) is 73.6 Å². The van der Waals surface area contributed by atoms with Crippen LogP contribution in [0.1, 0.15) is 38.7 Å². The minimum Gasteiger partial charge on any atom is -0.497 e. The van der Waals surface area contributed by atoms with Gasteiger partial charge in [0, 0.05) is 25.2 Å². The van der Waals surface area contributed by atoms with Crippen LogP contribution in [0.3, 0.4) is 0 Å². The molecule has 0 aromatic heterocycles. The molecule has 2 atom stereocenters. The van der Waals surface area contributed by atoms with Crippen molar-refractivity contribution in [1.29, 1.82) is 0 Å². The summed E-state index contributed by atoms with van der Waals surface area (Å²) in [5.74, 6) is 0.948. The minimum atomic E-state index is -0.456. The Balaban J connectivity index is 2.11. The lowest BCUT2D eigenvalue weighted by atomic mass is 9.74. The van der Waals surface area contributed by atoms with Crippen LogP contribution >= 0.6 is 0 Å². The molecule has 1 aromatic carbocycles. The maximum absolute atomic E-state index is 12.4. The first-order valence-corrected chi connectivity index (χ1v) is 8.78. The van der Waals surface area contributed by atoms with Gasteiger partial charge in [-0.3, -0.25) is 4.79 Å². The highest BCUT2D eigenvalue weighted by Gasteiger charge is 2.35. The van der Waals surface area contributed by atoms with Crippen molar-refractivity contribution < 1.29 is 14.3 Å². The zero-order valence-corrected chi connectivity index (χ0v) is 15.0. The van der Waals surface area contributed by atoms with Crippen molar-refractivity contribution in [3.8, 4) is 5.75 Å². The van der Waals surface area contributed by atoms with E-state index in [9.17, 15) is 4.79 Å². The van der Waals surface area contributed by atoms with Crippen molar-refractivity contribution in [3.63, 3.8) is 0 Å². The van der Waals surface area contributed by atoms with Gasteiger partial charge < -0.3 is 20.5 Å². The lowest BCUT2D eigenvalue weighted by molar-refractivity contribution is -0.123. The van der Waals surface area contributed by atoms with Crippen LogP contribution in [0.25, 0.3) is 0 Å². The van der Waals surface area contributed by atoms with Gasteiger partial charge in [0.2, 0.25) is 5.91 Å². The predicted octanol–water partition coefficient (Wildman–Crippen LogP) is 2.23. The molecule has 5 nitrogen and oxygen atoms in total. The molecule has 1 saturated heterocycles. The SMILES string of the molecule is CCC(C)C(N)C(=O)NCC1(c2ccc(OC)cc2)CCOCC1. The van der Waals surface area contributed by atoms with Crippen LogP contribution < -0.4 is 15.8 Å². The van der Waals surface area contributed by atoms with Crippen molar-refractivity contribution in [2.45, 2.75) is 44.6 Å². The normalized spacial score (nSPS) is 19.3. The van der Waals surface area contributed by atoms with E-state index in [-0.39, 0.29) is 17.2 Å². The second kappa shape index (κ2) is 8.49.